The topological polar surface area (TPSA) is 137 Å². The molecule has 10 heteroatoms. The Morgan fingerprint density at radius 2 is 1.77 bits per heavy atom. The highest BCUT2D eigenvalue weighted by molar-refractivity contribution is 6.06. The van der Waals surface area contributed by atoms with Gasteiger partial charge in [-0.25, -0.2) is 14.3 Å². The largest absolute Gasteiger partial charge is 0.465 e. The van der Waals surface area contributed by atoms with E-state index in [0.717, 1.165) is 20.3 Å². The first-order valence-corrected chi connectivity index (χ1v) is 8.46. The third-order valence-corrected chi connectivity index (χ3v) is 4.24. The van der Waals surface area contributed by atoms with E-state index in [1.165, 1.54) is 16.8 Å². The lowest BCUT2D eigenvalue weighted by molar-refractivity contribution is -0.385. The summed E-state index contributed by atoms with van der Waals surface area (Å²) in [6.45, 7) is 0. The molecule has 0 aliphatic carbocycles. The Balaban J connectivity index is 2.36. The molecular formula is C20H14N4O6. The molecule has 3 rings (SSSR count). The lowest BCUT2D eigenvalue weighted by Crippen LogP contribution is -2.15. The molecular weight excluding hydrogens is 392 g/mol. The first-order chi connectivity index (χ1) is 14.4. The van der Waals surface area contributed by atoms with Gasteiger partial charge in [0.1, 0.15) is 22.9 Å². The molecule has 1 heterocycles. The van der Waals surface area contributed by atoms with E-state index in [0.29, 0.717) is 5.69 Å². The third kappa shape index (κ3) is 3.47. The summed E-state index contributed by atoms with van der Waals surface area (Å²) in [6.07, 6.45) is 0. The summed E-state index contributed by atoms with van der Waals surface area (Å²) in [5.41, 5.74) is -0.279. The van der Waals surface area contributed by atoms with Gasteiger partial charge in [-0.1, -0.05) is 18.2 Å². The van der Waals surface area contributed by atoms with Crippen LogP contribution in [0, 0.1) is 21.4 Å². The number of hydrogen-bond acceptors (Lipinski definition) is 8. The van der Waals surface area contributed by atoms with E-state index in [1.54, 1.807) is 36.4 Å². The fourth-order valence-corrected chi connectivity index (χ4v) is 2.89. The Morgan fingerprint density at radius 3 is 2.33 bits per heavy atom. The van der Waals surface area contributed by atoms with Gasteiger partial charge in [0.25, 0.3) is 5.69 Å². The maximum absolute atomic E-state index is 12.6. The first kappa shape index (κ1) is 20.2. The Labute approximate surface area is 170 Å². The van der Waals surface area contributed by atoms with Crippen molar-refractivity contribution in [3.63, 3.8) is 0 Å². The van der Waals surface area contributed by atoms with Crippen molar-refractivity contribution < 1.29 is 24.0 Å². The minimum atomic E-state index is -0.857. The van der Waals surface area contributed by atoms with E-state index in [4.69, 9.17) is 9.47 Å². The van der Waals surface area contributed by atoms with Gasteiger partial charge in [0.05, 0.1) is 24.8 Å². The molecule has 0 saturated heterocycles. The molecule has 1 aromatic heterocycles. The van der Waals surface area contributed by atoms with Crippen LogP contribution in [-0.2, 0) is 9.47 Å². The van der Waals surface area contributed by atoms with E-state index >= 15 is 0 Å². The maximum atomic E-state index is 12.6. The Morgan fingerprint density at radius 1 is 1.10 bits per heavy atom. The molecule has 0 unspecified atom stereocenters. The molecule has 0 aliphatic rings. The summed E-state index contributed by atoms with van der Waals surface area (Å²) in [7, 11) is 2.30. The number of esters is 2. The van der Waals surface area contributed by atoms with E-state index in [9.17, 15) is 25.0 Å². The molecule has 0 spiro atoms. The molecule has 0 N–H and O–H groups in total. The number of nitro benzene ring substituents is 1. The molecule has 150 valence electrons. The number of para-hydroxylation sites is 1. The zero-order valence-corrected chi connectivity index (χ0v) is 15.9. The number of nitro groups is 1. The van der Waals surface area contributed by atoms with Crippen molar-refractivity contribution in [2.45, 2.75) is 0 Å². The third-order valence-electron chi connectivity index (χ3n) is 4.24. The van der Waals surface area contributed by atoms with Crippen molar-refractivity contribution in [1.29, 1.82) is 5.26 Å². The van der Waals surface area contributed by atoms with Crippen LogP contribution in [0.15, 0.2) is 48.5 Å². The molecule has 0 bridgehead atoms. The van der Waals surface area contributed by atoms with Crippen LogP contribution in [0.3, 0.4) is 0 Å². The van der Waals surface area contributed by atoms with Gasteiger partial charge in [0, 0.05) is 11.6 Å². The van der Waals surface area contributed by atoms with E-state index in [2.05, 4.69) is 5.10 Å². The molecule has 0 aliphatic heterocycles. The fourth-order valence-electron chi connectivity index (χ4n) is 2.89. The number of hydrogen-bond donors (Lipinski definition) is 0. The number of carbonyl (C=O) groups excluding carboxylic acids is 2. The standard InChI is InChI=1S/C20H14N4O6/c1-29-19(25)16-17(12-8-9-15(24(27)28)13(10-12)11-21)22-23(18(16)20(26)30-2)14-6-4-3-5-7-14/h3-10H,1-2H3. The Kier molecular flexibility index (Phi) is 5.55. The predicted molar refractivity (Wildman–Crippen MR) is 103 cm³/mol. The number of nitrogens with zero attached hydrogens (tertiary/aromatic N) is 4. The quantitative estimate of drug-likeness (QED) is 0.358. The van der Waals surface area contributed by atoms with Gasteiger partial charge in [0.15, 0.2) is 5.69 Å². The van der Waals surface area contributed by atoms with Gasteiger partial charge >= 0.3 is 11.9 Å². The number of aromatic nitrogens is 2. The van der Waals surface area contributed by atoms with Crippen molar-refractivity contribution in [2.24, 2.45) is 0 Å². The minimum Gasteiger partial charge on any atom is -0.465 e. The monoisotopic (exact) mass is 406 g/mol. The summed E-state index contributed by atoms with van der Waals surface area (Å²) in [6, 6.07) is 14.0. The molecule has 30 heavy (non-hydrogen) atoms. The highest BCUT2D eigenvalue weighted by Gasteiger charge is 2.31. The van der Waals surface area contributed by atoms with Crippen LogP contribution in [-0.4, -0.2) is 40.9 Å². The lowest BCUT2D eigenvalue weighted by atomic mass is 10.0. The van der Waals surface area contributed by atoms with Gasteiger partial charge in [-0.3, -0.25) is 10.1 Å². The molecule has 2 aromatic carbocycles. The van der Waals surface area contributed by atoms with E-state index in [1.807, 2.05) is 0 Å². The normalized spacial score (nSPS) is 10.2. The maximum Gasteiger partial charge on any atom is 0.357 e. The smallest absolute Gasteiger partial charge is 0.357 e. The average Bonchev–Trinajstić information content (AvgIpc) is 3.18. The second-order valence-electron chi connectivity index (χ2n) is 5.90. The number of benzene rings is 2. The van der Waals surface area contributed by atoms with Crippen LogP contribution in [0.5, 0.6) is 0 Å². The van der Waals surface area contributed by atoms with Gasteiger partial charge in [-0.05, 0) is 24.3 Å². The van der Waals surface area contributed by atoms with Gasteiger partial charge in [0.2, 0.25) is 0 Å². The Bertz CT molecular complexity index is 1190. The highest BCUT2D eigenvalue weighted by atomic mass is 16.6. The van der Waals surface area contributed by atoms with Crippen molar-refractivity contribution >= 4 is 17.6 Å². The number of methoxy groups -OCH3 is 2. The first-order valence-electron chi connectivity index (χ1n) is 8.46. The number of rotatable bonds is 5. The SMILES string of the molecule is COC(=O)c1c(-c2ccc([N+](=O)[O-])c(C#N)c2)nn(-c2ccccc2)c1C(=O)OC. The van der Waals surface area contributed by atoms with Crippen molar-refractivity contribution in [3.05, 3.63) is 75.5 Å². The molecule has 0 radical (unpaired) electrons. The summed E-state index contributed by atoms with van der Waals surface area (Å²) < 4.78 is 10.9. The molecule has 0 atom stereocenters. The van der Waals surface area contributed by atoms with Crippen LogP contribution < -0.4 is 0 Å². The van der Waals surface area contributed by atoms with Crippen LogP contribution in [0.1, 0.15) is 26.4 Å². The zero-order valence-electron chi connectivity index (χ0n) is 15.9. The van der Waals surface area contributed by atoms with Crippen molar-refractivity contribution in [2.75, 3.05) is 14.2 Å². The highest BCUT2D eigenvalue weighted by Crippen LogP contribution is 2.31. The van der Waals surface area contributed by atoms with Gasteiger partial charge in [-0.15, -0.1) is 0 Å². The summed E-state index contributed by atoms with van der Waals surface area (Å²) in [5, 5.41) is 24.8. The molecule has 0 saturated carbocycles. The zero-order chi connectivity index (χ0) is 21.8. The second kappa shape index (κ2) is 8.24. The summed E-state index contributed by atoms with van der Waals surface area (Å²) in [5.74, 6) is -1.69. The number of carbonyl (C=O) groups is 2. The molecule has 0 amide bonds. The minimum absolute atomic E-state index is 0.0116. The summed E-state index contributed by atoms with van der Waals surface area (Å²) >= 11 is 0. The lowest BCUT2D eigenvalue weighted by Gasteiger charge is -2.07. The molecule has 10 nitrogen and oxygen atoms in total. The average molecular weight is 406 g/mol. The number of nitriles is 1. The fraction of sp³-hybridized carbons (Fsp3) is 0.100. The van der Waals surface area contributed by atoms with Gasteiger partial charge < -0.3 is 9.47 Å². The molecule has 0 fully saturated rings. The predicted octanol–water partition coefficient (Wildman–Crippen LogP) is 2.89. The summed E-state index contributed by atoms with van der Waals surface area (Å²) in [4.78, 5) is 35.5. The van der Waals surface area contributed by atoms with Crippen LogP contribution in [0.2, 0.25) is 0 Å². The van der Waals surface area contributed by atoms with Gasteiger partial charge in [-0.2, -0.15) is 10.4 Å². The Hall–Kier alpha value is -4.52. The van der Waals surface area contributed by atoms with E-state index in [-0.39, 0.29) is 28.1 Å². The van der Waals surface area contributed by atoms with Crippen molar-refractivity contribution in [1.82, 2.24) is 9.78 Å². The van der Waals surface area contributed by atoms with Crippen LogP contribution >= 0.6 is 0 Å². The van der Waals surface area contributed by atoms with Crippen molar-refractivity contribution in [3.8, 4) is 23.0 Å². The number of ether oxygens (including phenoxy) is 2. The van der Waals surface area contributed by atoms with E-state index < -0.39 is 22.5 Å². The van der Waals surface area contributed by atoms with Crippen LogP contribution in [0.4, 0.5) is 5.69 Å². The molecule has 3 aromatic rings. The second-order valence-corrected chi connectivity index (χ2v) is 5.90. The van der Waals surface area contributed by atoms with Crippen LogP contribution in [0.25, 0.3) is 16.9 Å².